The van der Waals surface area contributed by atoms with Crippen LogP contribution in [0.1, 0.15) is 53.5 Å². The van der Waals surface area contributed by atoms with Crippen molar-refractivity contribution >= 4 is 18.0 Å². The molecule has 10 heteroatoms. The number of benzene rings is 1. The van der Waals surface area contributed by atoms with Crippen molar-refractivity contribution in [2.24, 2.45) is 10.9 Å². The number of piperidine rings is 1. The number of carbonyl (C=O) groups is 2. The molecular weight excluding hydrogens is 440 g/mol. The second-order valence-corrected chi connectivity index (χ2v) is 10.4. The van der Waals surface area contributed by atoms with E-state index in [0.29, 0.717) is 37.7 Å². The van der Waals surface area contributed by atoms with Gasteiger partial charge in [-0.1, -0.05) is 0 Å². The van der Waals surface area contributed by atoms with Crippen LogP contribution < -0.4 is 10.6 Å². The third-order valence-electron chi connectivity index (χ3n) is 5.22. The number of rotatable bonds is 5. The van der Waals surface area contributed by atoms with E-state index < -0.39 is 23.4 Å². The molecule has 2 atom stereocenters. The van der Waals surface area contributed by atoms with E-state index in [1.807, 2.05) is 53.7 Å². The fraction of sp³-hybridized carbons (Fsp3) is 0.625. The van der Waals surface area contributed by atoms with Gasteiger partial charge in [-0.15, -0.1) is 0 Å². The van der Waals surface area contributed by atoms with Gasteiger partial charge in [-0.25, -0.2) is 15.5 Å². The van der Waals surface area contributed by atoms with Gasteiger partial charge in [0.15, 0.2) is 0 Å². The molecule has 0 spiro atoms. The molecule has 10 nitrogen and oxygen atoms in total. The van der Waals surface area contributed by atoms with Crippen molar-refractivity contribution < 1.29 is 28.6 Å². The smallest absolute Gasteiger partial charge is 0.416 e. The van der Waals surface area contributed by atoms with Crippen LogP contribution in [-0.2, 0) is 14.3 Å². The number of fused-ring (bicyclic) bond motifs is 1. The van der Waals surface area contributed by atoms with Crippen LogP contribution in [0.5, 0.6) is 5.75 Å². The molecule has 0 radical (unpaired) electrons. The zero-order valence-electron chi connectivity index (χ0n) is 20.9. The summed E-state index contributed by atoms with van der Waals surface area (Å²) in [6.07, 6.45) is -0.274. The minimum Gasteiger partial charge on any atom is -0.491 e. The highest BCUT2D eigenvalue weighted by molar-refractivity contribution is 6.08. The molecule has 2 heterocycles. The molecule has 0 unspecified atom stereocenters. The zero-order valence-corrected chi connectivity index (χ0v) is 20.9. The van der Waals surface area contributed by atoms with Crippen molar-refractivity contribution in [3.63, 3.8) is 0 Å². The Bertz CT molecular complexity index is 904. The number of ether oxygens (including phenoxy) is 3. The van der Waals surface area contributed by atoms with E-state index >= 15 is 0 Å². The molecule has 2 amide bonds. The Morgan fingerprint density at radius 3 is 2.21 bits per heavy atom. The first-order valence-electron chi connectivity index (χ1n) is 11.5. The summed E-state index contributed by atoms with van der Waals surface area (Å²) in [4.78, 5) is 38.6. The first kappa shape index (κ1) is 25.8. The Balaban J connectivity index is 1.83. The van der Waals surface area contributed by atoms with Crippen molar-refractivity contribution in [3.8, 4) is 5.75 Å². The summed E-state index contributed by atoms with van der Waals surface area (Å²) < 4.78 is 16.8. The molecule has 1 saturated heterocycles. The van der Waals surface area contributed by atoms with Crippen molar-refractivity contribution in [2.75, 3.05) is 26.3 Å². The van der Waals surface area contributed by atoms with E-state index in [9.17, 15) is 9.59 Å². The average molecular weight is 477 g/mol. The fourth-order valence-corrected chi connectivity index (χ4v) is 3.85. The van der Waals surface area contributed by atoms with Crippen LogP contribution >= 0.6 is 0 Å². The molecule has 1 aromatic carbocycles. The number of hydrogen-bond donors (Lipinski definition) is 1. The highest BCUT2D eigenvalue weighted by Gasteiger charge is 2.46. The second-order valence-electron chi connectivity index (χ2n) is 10.4. The molecular formula is C24H36N4O6. The summed E-state index contributed by atoms with van der Waals surface area (Å²) in [6.45, 7) is 12.4. The zero-order chi connectivity index (χ0) is 25.1. The number of amides is 2. The molecule has 0 aliphatic carbocycles. The minimum atomic E-state index is -0.678. The summed E-state index contributed by atoms with van der Waals surface area (Å²) in [5.41, 5.74) is -0.523. The van der Waals surface area contributed by atoms with Crippen LogP contribution in [-0.4, -0.2) is 77.4 Å². The standard InChI is InChI=1S/C24H36N4O6/c1-23(2,3)33-21(29)27-12-11-18-19(15-27)28(22(30)34-24(4,5)6)20(26-18)16-7-9-17(10-8-16)31-13-14-32-25/h7-10,18-19H,11-15,25H2,1-6H3/t18-,19+/m1/s1. The first-order chi connectivity index (χ1) is 15.9. The highest BCUT2D eigenvalue weighted by atomic mass is 16.6. The average Bonchev–Trinajstić information content (AvgIpc) is 3.11. The largest absolute Gasteiger partial charge is 0.491 e. The summed E-state index contributed by atoms with van der Waals surface area (Å²) in [5, 5.41) is 0. The lowest BCUT2D eigenvalue weighted by molar-refractivity contribution is 0.00645. The van der Waals surface area contributed by atoms with E-state index in [-0.39, 0.29) is 18.7 Å². The molecule has 3 rings (SSSR count). The number of aliphatic imine (C=N–C) groups is 1. The number of likely N-dealkylation sites (tertiary alicyclic amines) is 1. The van der Waals surface area contributed by atoms with E-state index in [0.717, 1.165) is 5.56 Å². The Labute approximate surface area is 200 Å². The normalized spacial score (nSPS) is 20.5. The number of carbonyl (C=O) groups excluding carboxylic acids is 2. The molecule has 188 valence electrons. The number of nitrogens with zero attached hydrogens (tertiary/aromatic N) is 3. The number of nitrogens with two attached hydrogens (primary N) is 1. The third kappa shape index (κ3) is 6.60. The van der Waals surface area contributed by atoms with Crippen molar-refractivity contribution in [1.29, 1.82) is 0 Å². The van der Waals surface area contributed by atoms with Crippen molar-refractivity contribution in [3.05, 3.63) is 29.8 Å². The Kier molecular flexibility index (Phi) is 7.72. The van der Waals surface area contributed by atoms with Crippen LogP contribution in [0, 0.1) is 0 Å². The summed E-state index contributed by atoms with van der Waals surface area (Å²) in [7, 11) is 0. The van der Waals surface area contributed by atoms with Gasteiger partial charge >= 0.3 is 12.2 Å². The Morgan fingerprint density at radius 1 is 1.00 bits per heavy atom. The molecule has 34 heavy (non-hydrogen) atoms. The van der Waals surface area contributed by atoms with Crippen LogP contribution in [0.4, 0.5) is 9.59 Å². The lowest BCUT2D eigenvalue weighted by Crippen LogP contribution is -2.56. The predicted molar refractivity (Wildman–Crippen MR) is 127 cm³/mol. The SMILES string of the molecule is CC(C)(C)OC(=O)N1CC[C@H]2N=C(c3ccc(OCCON)cc3)N(C(=O)OC(C)(C)C)[C@H]2C1. The van der Waals surface area contributed by atoms with Crippen LogP contribution in [0.2, 0.25) is 0 Å². The third-order valence-corrected chi connectivity index (χ3v) is 5.22. The molecule has 0 saturated carbocycles. The van der Waals surface area contributed by atoms with Gasteiger partial charge in [0.1, 0.15) is 36.0 Å². The van der Waals surface area contributed by atoms with Gasteiger partial charge < -0.3 is 23.9 Å². The van der Waals surface area contributed by atoms with E-state index in [4.69, 9.17) is 25.1 Å². The Morgan fingerprint density at radius 2 is 1.62 bits per heavy atom. The van der Waals surface area contributed by atoms with Gasteiger partial charge in [0.25, 0.3) is 0 Å². The van der Waals surface area contributed by atoms with Gasteiger partial charge in [-0.2, -0.15) is 0 Å². The fourth-order valence-electron chi connectivity index (χ4n) is 3.85. The summed E-state index contributed by atoms with van der Waals surface area (Å²) in [5.74, 6) is 6.20. The van der Waals surface area contributed by atoms with Crippen molar-refractivity contribution in [1.82, 2.24) is 9.80 Å². The van der Waals surface area contributed by atoms with Crippen LogP contribution in [0.25, 0.3) is 0 Å². The van der Waals surface area contributed by atoms with Crippen LogP contribution in [0.3, 0.4) is 0 Å². The molecule has 2 aliphatic rings. The first-order valence-corrected chi connectivity index (χ1v) is 11.5. The van der Waals surface area contributed by atoms with Gasteiger partial charge in [0.2, 0.25) is 0 Å². The lowest BCUT2D eigenvalue weighted by Gasteiger charge is -2.38. The van der Waals surface area contributed by atoms with E-state index in [1.165, 1.54) is 0 Å². The highest BCUT2D eigenvalue weighted by Crippen LogP contribution is 2.31. The lowest BCUT2D eigenvalue weighted by atomic mass is 10.0. The quantitative estimate of drug-likeness (QED) is 0.512. The molecule has 0 bridgehead atoms. The molecule has 1 fully saturated rings. The summed E-state index contributed by atoms with van der Waals surface area (Å²) in [6, 6.07) is 6.81. The molecule has 2 aliphatic heterocycles. The summed E-state index contributed by atoms with van der Waals surface area (Å²) >= 11 is 0. The topological polar surface area (TPSA) is 116 Å². The maximum absolute atomic E-state index is 13.3. The monoisotopic (exact) mass is 476 g/mol. The van der Waals surface area contributed by atoms with E-state index in [2.05, 4.69) is 4.84 Å². The van der Waals surface area contributed by atoms with Gasteiger partial charge in [-0.05, 0) is 72.2 Å². The van der Waals surface area contributed by atoms with Gasteiger partial charge in [0.05, 0.1) is 12.1 Å². The minimum absolute atomic E-state index is 0.140. The predicted octanol–water partition coefficient (Wildman–Crippen LogP) is 3.33. The number of hydrogen-bond acceptors (Lipinski definition) is 8. The maximum atomic E-state index is 13.3. The molecule has 1 aromatic rings. The second kappa shape index (κ2) is 10.2. The van der Waals surface area contributed by atoms with Gasteiger partial charge in [-0.3, -0.25) is 9.89 Å². The van der Waals surface area contributed by atoms with Crippen molar-refractivity contribution in [2.45, 2.75) is 71.2 Å². The van der Waals surface area contributed by atoms with E-state index in [1.54, 1.807) is 21.9 Å². The van der Waals surface area contributed by atoms with Crippen LogP contribution in [0.15, 0.2) is 29.3 Å². The Hall–Kier alpha value is -2.85. The maximum Gasteiger partial charge on any atom is 0.416 e. The molecule has 2 N–H and O–H groups in total. The number of amidine groups is 1. The molecule has 0 aromatic heterocycles. The van der Waals surface area contributed by atoms with Gasteiger partial charge in [0, 0.05) is 18.7 Å².